The molecule has 0 spiro atoms. The number of dihydropyridines is 1. The molecule has 0 radical (unpaired) electrons. The number of hydrogen-bond acceptors (Lipinski definition) is 5. The number of thiophene rings is 1. The molecule has 0 amide bonds. The lowest BCUT2D eigenvalue weighted by atomic mass is 9.72. The highest BCUT2D eigenvalue weighted by atomic mass is 79.9. The smallest absolute Gasteiger partial charge is 0.337 e. The monoisotopic (exact) mass is 503 g/mol. The maximum absolute atomic E-state index is 15.0. The maximum atomic E-state index is 15.0. The number of ether oxygens (including phenoxy) is 1. The zero-order valence-electron chi connectivity index (χ0n) is 17.5. The molecule has 0 saturated heterocycles. The minimum atomic E-state index is -0.809. The first-order valence-corrected chi connectivity index (χ1v) is 11.9. The average Bonchev–Trinajstić information content (AvgIpc) is 3.23. The van der Waals surface area contributed by atoms with Gasteiger partial charge in [-0.2, -0.15) is 0 Å². The van der Waals surface area contributed by atoms with E-state index in [1.807, 2.05) is 17.5 Å². The van der Waals surface area contributed by atoms with Gasteiger partial charge in [-0.1, -0.05) is 22.0 Å². The Balaban J connectivity index is 1.85. The number of hydrogen-bond donors (Lipinski definition) is 1. The van der Waals surface area contributed by atoms with E-state index in [1.165, 1.54) is 6.07 Å². The summed E-state index contributed by atoms with van der Waals surface area (Å²) in [5.74, 6) is -1.80. The molecule has 4 nitrogen and oxygen atoms in total. The van der Waals surface area contributed by atoms with Gasteiger partial charge in [0.15, 0.2) is 5.78 Å². The fourth-order valence-electron chi connectivity index (χ4n) is 4.36. The zero-order valence-corrected chi connectivity index (χ0v) is 19.9. The van der Waals surface area contributed by atoms with Gasteiger partial charge in [-0.15, -0.1) is 11.3 Å². The van der Waals surface area contributed by atoms with Crippen molar-refractivity contribution in [2.45, 2.75) is 51.6 Å². The lowest BCUT2D eigenvalue weighted by Gasteiger charge is -2.36. The number of ketones is 1. The first-order valence-electron chi connectivity index (χ1n) is 10.2. The molecule has 0 bridgehead atoms. The second-order valence-corrected chi connectivity index (χ2v) is 10.0. The van der Waals surface area contributed by atoms with Gasteiger partial charge in [0.25, 0.3) is 0 Å². The molecule has 0 unspecified atom stereocenters. The minimum absolute atomic E-state index is 0.0705. The van der Waals surface area contributed by atoms with Crippen molar-refractivity contribution >= 4 is 39.0 Å². The summed E-state index contributed by atoms with van der Waals surface area (Å²) < 4.78 is 21.2. The van der Waals surface area contributed by atoms with E-state index in [1.54, 1.807) is 44.2 Å². The van der Waals surface area contributed by atoms with E-state index in [9.17, 15) is 9.59 Å². The normalized spacial score (nSPS) is 21.3. The lowest BCUT2D eigenvalue weighted by molar-refractivity contribution is -0.143. The molecule has 0 saturated carbocycles. The third kappa shape index (κ3) is 4.26. The van der Waals surface area contributed by atoms with E-state index < -0.39 is 17.7 Å². The molecule has 7 heteroatoms. The van der Waals surface area contributed by atoms with Gasteiger partial charge in [0.05, 0.1) is 17.6 Å². The van der Waals surface area contributed by atoms with Crippen LogP contribution >= 0.6 is 27.3 Å². The highest BCUT2D eigenvalue weighted by Crippen LogP contribution is 2.47. The van der Waals surface area contributed by atoms with Crippen molar-refractivity contribution < 1.29 is 18.7 Å². The molecule has 1 N–H and O–H groups in total. The van der Waals surface area contributed by atoms with Crippen molar-refractivity contribution in [3.63, 3.8) is 0 Å². The summed E-state index contributed by atoms with van der Waals surface area (Å²) in [5.41, 5.74) is 2.39. The van der Waals surface area contributed by atoms with Crippen LogP contribution in [0.1, 0.15) is 55.9 Å². The van der Waals surface area contributed by atoms with Crippen LogP contribution in [0, 0.1) is 5.82 Å². The Kier molecular flexibility index (Phi) is 6.17. The third-order valence-corrected chi connectivity index (χ3v) is 7.13. The standard InChI is InChI=1S/C24H23BrFNO3S/c1-12(2)30-24(29)21-13(3)27-18-9-14(20-5-4-8-31-20)10-19(28)23(18)22(21)16-11-15(25)6-7-17(16)26/h4-8,11-12,14,22,27H,9-10H2,1-3H3/t14-,22-/m1/s1. The van der Waals surface area contributed by atoms with Crippen LogP contribution in [-0.2, 0) is 14.3 Å². The molecular weight excluding hydrogens is 481 g/mol. The number of Topliss-reactive ketones (excluding diaryl/α,β-unsaturated/α-hetero) is 1. The van der Waals surface area contributed by atoms with Crippen LogP contribution in [0.3, 0.4) is 0 Å². The Hall–Kier alpha value is -2.25. The number of nitrogens with one attached hydrogen (secondary N) is 1. The fraction of sp³-hybridized carbons (Fsp3) is 0.333. The first kappa shape index (κ1) is 22.0. The number of carbonyl (C=O) groups is 2. The Morgan fingerprint density at radius 3 is 2.74 bits per heavy atom. The summed E-state index contributed by atoms with van der Waals surface area (Å²) >= 11 is 5.03. The lowest BCUT2D eigenvalue weighted by Crippen LogP contribution is -2.36. The SMILES string of the molecule is CC1=C(C(=O)OC(C)C)[C@@H](c2cc(Br)ccc2F)C2=C(C[C@@H](c3cccs3)CC2=O)N1. The summed E-state index contributed by atoms with van der Waals surface area (Å²) in [5, 5.41) is 5.29. The van der Waals surface area contributed by atoms with E-state index in [-0.39, 0.29) is 23.4 Å². The van der Waals surface area contributed by atoms with Gasteiger partial charge in [0.2, 0.25) is 0 Å². The van der Waals surface area contributed by atoms with E-state index in [0.717, 1.165) is 10.6 Å². The van der Waals surface area contributed by atoms with Crippen LogP contribution in [0.4, 0.5) is 4.39 Å². The van der Waals surface area contributed by atoms with Gasteiger partial charge >= 0.3 is 5.97 Å². The number of carbonyl (C=O) groups excluding carboxylic acids is 2. The summed E-state index contributed by atoms with van der Waals surface area (Å²) in [6, 6.07) is 8.62. The van der Waals surface area contributed by atoms with Gasteiger partial charge in [0, 0.05) is 44.2 Å². The Labute approximate surface area is 193 Å². The predicted molar refractivity (Wildman–Crippen MR) is 122 cm³/mol. The number of rotatable bonds is 4. The second-order valence-electron chi connectivity index (χ2n) is 8.15. The predicted octanol–water partition coefficient (Wildman–Crippen LogP) is 5.96. The van der Waals surface area contributed by atoms with Gasteiger partial charge in [-0.05, 0) is 56.8 Å². The van der Waals surface area contributed by atoms with Crippen LogP contribution in [0.15, 0.2) is 62.7 Å². The molecule has 1 aromatic heterocycles. The van der Waals surface area contributed by atoms with Crippen molar-refractivity contribution in [3.05, 3.63) is 79.0 Å². The molecule has 1 aromatic carbocycles. The third-order valence-electron chi connectivity index (χ3n) is 5.60. The zero-order chi connectivity index (χ0) is 22.3. The van der Waals surface area contributed by atoms with Gasteiger partial charge in [0.1, 0.15) is 5.82 Å². The maximum Gasteiger partial charge on any atom is 0.337 e. The second kappa shape index (κ2) is 8.71. The molecular formula is C24H23BrFNO3S. The molecule has 0 fully saturated rings. The molecule has 4 rings (SSSR count). The summed E-state index contributed by atoms with van der Waals surface area (Å²) in [4.78, 5) is 27.6. The number of benzene rings is 1. The van der Waals surface area contributed by atoms with E-state index in [2.05, 4.69) is 21.2 Å². The van der Waals surface area contributed by atoms with Crippen LogP contribution < -0.4 is 5.32 Å². The Morgan fingerprint density at radius 1 is 1.29 bits per heavy atom. The molecule has 31 heavy (non-hydrogen) atoms. The van der Waals surface area contributed by atoms with Crippen molar-refractivity contribution in [3.8, 4) is 0 Å². The van der Waals surface area contributed by atoms with Crippen molar-refractivity contribution in [2.75, 3.05) is 0 Å². The van der Waals surface area contributed by atoms with Crippen LogP contribution in [-0.4, -0.2) is 17.9 Å². The quantitative estimate of drug-likeness (QED) is 0.522. The van der Waals surface area contributed by atoms with Crippen molar-refractivity contribution in [1.82, 2.24) is 5.32 Å². The van der Waals surface area contributed by atoms with Crippen molar-refractivity contribution in [1.29, 1.82) is 0 Å². The van der Waals surface area contributed by atoms with E-state index >= 15 is 4.39 Å². The number of halogens is 2. The highest BCUT2D eigenvalue weighted by molar-refractivity contribution is 9.10. The first-order chi connectivity index (χ1) is 14.8. The molecule has 2 atom stereocenters. The highest BCUT2D eigenvalue weighted by Gasteiger charge is 2.42. The number of allylic oxidation sites excluding steroid dienone is 3. The average molecular weight is 504 g/mol. The van der Waals surface area contributed by atoms with Gasteiger partial charge in [-0.3, -0.25) is 4.79 Å². The van der Waals surface area contributed by atoms with Gasteiger partial charge < -0.3 is 10.1 Å². The molecule has 1 aliphatic carbocycles. The minimum Gasteiger partial charge on any atom is -0.460 e. The van der Waals surface area contributed by atoms with Crippen LogP contribution in [0.5, 0.6) is 0 Å². The Bertz CT molecular complexity index is 1100. The van der Waals surface area contributed by atoms with E-state index in [4.69, 9.17) is 4.74 Å². The van der Waals surface area contributed by atoms with Gasteiger partial charge in [-0.25, -0.2) is 9.18 Å². The van der Waals surface area contributed by atoms with Crippen LogP contribution in [0.25, 0.3) is 0 Å². The molecule has 1 aliphatic heterocycles. The topological polar surface area (TPSA) is 55.4 Å². The molecule has 162 valence electrons. The van der Waals surface area contributed by atoms with Crippen molar-refractivity contribution in [2.24, 2.45) is 0 Å². The Morgan fingerprint density at radius 2 is 2.06 bits per heavy atom. The summed E-state index contributed by atoms with van der Waals surface area (Å²) in [6.07, 6.45) is 0.637. The molecule has 2 heterocycles. The summed E-state index contributed by atoms with van der Waals surface area (Å²) in [6.45, 7) is 5.31. The fourth-order valence-corrected chi connectivity index (χ4v) is 5.57. The molecule has 2 aliphatic rings. The van der Waals surface area contributed by atoms with Crippen LogP contribution in [0.2, 0.25) is 0 Å². The molecule has 2 aromatic rings. The van der Waals surface area contributed by atoms with E-state index in [0.29, 0.717) is 34.1 Å². The number of esters is 1. The largest absolute Gasteiger partial charge is 0.460 e. The summed E-state index contributed by atoms with van der Waals surface area (Å²) in [7, 11) is 0.